The van der Waals surface area contributed by atoms with Crippen LogP contribution in [0, 0.1) is 21.4 Å². The summed E-state index contributed by atoms with van der Waals surface area (Å²) in [4.78, 5) is 24.0. The molecule has 2 unspecified atom stereocenters. The van der Waals surface area contributed by atoms with E-state index in [0.29, 0.717) is 26.1 Å². The zero-order valence-electron chi connectivity index (χ0n) is 12.1. The minimum Gasteiger partial charge on any atom is -0.481 e. The van der Waals surface area contributed by atoms with E-state index >= 15 is 0 Å². The Kier molecular flexibility index (Phi) is 4.57. The smallest absolute Gasteiger partial charge is 0.307 e. The molecule has 2 atom stereocenters. The molecule has 0 aromatic heterocycles. The molecule has 21 heavy (non-hydrogen) atoms. The highest BCUT2D eigenvalue weighted by molar-refractivity contribution is 5.70. The Morgan fingerprint density at radius 1 is 1.48 bits per heavy atom. The molecule has 114 valence electrons. The van der Waals surface area contributed by atoms with E-state index in [1.807, 2.05) is 30.3 Å². The average molecular weight is 292 g/mol. The van der Waals surface area contributed by atoms with Crippen molar-refractivity contribution in [1.82, 2.24) is 4.90 Å². The van der Waals surface area contributed by atoms with Crippen molar-refractivity contribution < 1.29 is 14.8 Å². The van der Waals surface area contributed by atoms with Crippen LogP contribution in [0.2, 0.25) is 0 Å². The van der Waals surface area contributed by atoms with Gasteiger partial charge in [0.2, 0.25) is 6.54 Å². The second-order valence-corrected chi connectivity index (χ2v) is 5.86. The van der Waals surface area contributed by atoms with Gasteiger partial charge in [0.25, 0.3) is 0 Å². The predicted molar refractivity (Wildman–Crippen MR) is 77.4 cm³/mol. The molecule has 0 amide bonds. The zero-order chi connectivity index (χ0) is 15.5. The maximum absolute atomic E-state index is 11.3. The third-order valence-electron chi connectivity index (χ3n) is 4.45. The summed E-state index contributed by atoms with van der Waals surface area (Å²) in [6.07, 6.45) is 0.550. The lowest BCUT2D eigenvalue weighted by Crippen LogP contribution is -2.42. The Morgan fingerprint density at radius 3 is 2.71 bits per heavy atom. The molecule has 0 aliphatic carbocycles. The van der Waals surface area contributed by atoms with Gasteiger partial charge in [-0.15, -0.1) is 0 Å². The number of carbonyl (C=O) groups is 1. The average Bonchev–Trinajstić information content (AvgIpc) is 2.82. The highest BCUT2D eigenvalue weighted by atomic mass is 16.6. The molecule has 0 spiro atoms. The van der Waals surface area contributed by atoms with Crippen molar-refractivity contribution in [2.75, 3.05) is 19.6 Å². The normalized spacial score (nSPS) is 23.9. The molecular weight excluding hydrogens is 272 g/mol. The first kappa shape index (κ1) is 15.4. The molecule has 1 N–H and O–H groups in total. The molecule has 0 saturated carbocycles. The Morgan fingerprint density at radius 2 is 2.14 bits per heavy atom. The van der Waals surface area contributed by atoms with E-state index in [1.54, 1.807) is 6.92 Å². The number of rotatable bonds is 6. The Bertz CT molecular complexity index is 520. The van der Waals surface area contributed by atoms with E-state index in [-0.39, 0.29) is 11.5 Å². The summed E-state index contributed by atoms with van der Waals surface area (Å²) in [6.45, 7) is 3.15. The van der Waals surface area contributed by atoms with Crippen molar-refractivity contribution in [1.29, 1.82) is 0 Å². The van der Waals surface area contributed by atoms with Crippen molar-refractivity contribution in [2.45, 2.75) is 19.9 Å². The van der Waals surface area contributed by atoms with Gasteiger partial charge in [0.1, 0.15) is 0 Å². The summed E-state index contributed by atoms with van der Waals surface area (Å²) >= 11 is 0. The molecule has 6 nitrogen and oxygen atoms in total. The quantitative estimate of drug-likeness (QED) is 0.639. The van der Waals surface area contributed by atoms with E-state index in [4.69, 9.17) is 0 Å². The summed E-state index contributed by atoms with van der Waals surface area (Å²) in [5, 5.41) is 20.2. The monoisotopic (exact) mass is 292 g/mol. The molecule has 0 bridgehead atoms. The van der Waals surface area contributed by atoms with Gasteiger partial charge in [-0.3, -0.25) is 19.8 Å². The fraction of sp³-hybridized carbons (Fsp3) is 0.533. The first-order chi connectivity index (χ1) is 9.93. The number of nitro groups is 1. The van der Waals surface area contributed by atoms with E-state index in [9.17, 15) is 20.0 Å². The van der Waals surface area contributed by atoms with Gasteiger partial charge in [0.15, 0.2) is 0 Å². The van der Waals surface area contributed by atoms with Gasteiger partial charge in [0.05, 0.1) is 11.3 Å². The molecule has 1 aromatic rings. The number of hydrogen-bond acceptors (Lipinski definition) is 4. The first-order valence-corrected chi connectivity index (χ1v) is 7.04. The van der Waals surface area contributed by atoms with Crippen molar-refractivity contribution >= 4 is 5.97 Å². The number of carboxylic acid groups (broad SMARTS) is 1. The third-order valence-corrected chi connectivity index (χ3v) is 4.45. The van der Waals surface area contributed by atoms with Crippen LogP contribution in [0.3, 0.4) is 0 Å². The van der Waals surface area contributed by atoms with Gasteiger partial charge in [-0.05, 0) is 18.5 Å². The molecule has 1 aromatic carbocycles. The minimum absolute atomic E-state index is 0.286. The Hall–Kier alpha value is -1.95. The van der Waals surface area contributed by atoms with Gasteiger partial charge in [-0.2, -0.15) is 0 Å². The van der Waals surface area contributed by atoms with Gasteiger partial charge in [0, 0.05) is 18.0 Å². The second-order valence-electron chi connectivity index (χ2n) is 5.86. The third kappa shape index (κ3) is 3.58. The van der Waals surface area contributed by atoms with E-state index in [2.05, 4.69) is 4.90 Å². The Balaban J connectivity index is 2.11. The highest BCUT2D eigenvalue weighted by Gasteiger charge is 2.49. The van der Waals surface area contributed by atoms with Crippen LogP contribution in [0.15, 0.2) is 30.3 Å². The molecule has 1 fully saturated rings. The lowest BCUT2D eigenvalue weighted by Gasteiger charge is -2.29. The van der Waals surface area contributed by atoms with Gasteiger partial charge < -0.3 is 5.11 Å². The predicted octanol–water partition coefficient (Wildman–Crippen LogP) is 1.88. The molecule has 1 aliphatic heterocycles. The van der Waals surface area contributed by atoms with Gasteiger partial charge in [-0.25, -0.2) is 0 Å². The highest BCUT2D eigenvalue weighted by Crippen LogP contribution is 2.39. The first-order valence-electron chi connectivity index (χ1n) is 7.04. The second kappa shape index (κ2) is 6.22. The van der Waals surface area contributed by atoms with Gasteiger partial charge >= 0.3 is 5.97 Å². The minimum atomic E-state index is -0.960. The zero-order valence-corrected chi connectivity index (χ0v) is 12.1. The summed E-state index contributed by atoms with van der Waals surface area (Å²) in [5.41, 5.74) is 0.363. The van der Waals surface area contributed by atoms with Crippen molar-refractivity contribution in [3.8, 4) is 0 Å². The number of nitrogens with zero attached hydrogens (tertiary/aromatic N) is 2. The maximum Gasteiger partial charge on any atom is 0.307 e. The van der Waals surface area contributed by atoms with E-state index in [1.165, 1.54) is 0 Å². The van der Waals surface area contributed by atoms with Crippen molar-refractivity contribution in [2.24, 2.45) is 11.3 Å². The molecule has 0 radical (unpaired) electrons. The molecule has 1 saturated heterocycles. The topological polar surface area (TPSA) is 83.7 Å². The van der Waals surface area contributed by atoms with Gasteiger partial charge in [-0.1, -0.05) is 37.3 Å². The lowest BCUT2D eigenvalue weighted by atomic mass is 9.75. The van der Waals surface area contributed by atoms with Crippen LogP contribution in [0.5, 0.6) is 0 Å². The number of aliphatic carboxylic acids is 1. The molecule has 6 heteroatoms. The number of carboxylic acids is 1. The summed E-state index contributed by atoms with van der Waals surface area (Å²) in [6, 6.07) is 9.87. The molecule has 1 heterocycles. The van der Waals surface area contributed by atoms with Crippen LogP contribution < -0.4 is 0 Å². The standard InChI is InChI=1S/C15H20N2O4/c1-12(14(18)19)15(11-17(20)21)7-8-16(10-15)9-13-5-3-2-4-6-13/h2-6,12H,7-11H2,1H3,(H,18,19). The number of hydrogen-bond donors (Lipinski definition) is 1. The van der Waals surface area contributed by atoms with E-state index in [0.717, 1.165) is 5.56 Å². The maximum atomic E-state index is 11.3. The van der Waals surface area contributed by atoms with Crippen LogP contribution in [0.4, 0.5) is 0 Å². The summed E-state index contributed by atoms with van der Waals surface area (Å²) < 4.78 is 0. The largest absolute Gasteiger partial charge is 0.481 e. The van der Waals surface area contributed by atoms with Crippen LogP contribution in [0.25, 0.3) is 0 Å². The fourth-order valence-corrected chi connectivity index (χ4v) is 3.10. The fourth-order valence-electron chi connectivity index (χ4n) is 3.10. The molecule has 1 aliphatic rings. The number of likely N-dealkylation sites (tertiary alicyclic amines) is 1. The lowest BCUT2D eigenvalue weighted by molar-refractivity contribution is -0.498. The summed E-state index contributed by atoms with van der Waals surface area (Å²) in [5.74, 6) is -1.68. The van der Waals surface area contributed by atoms with Crippen LogP contribution in [-0.4, -0.2) is 40.5 Å². The van der Waals surface area contributed by atoms with Crippen molar-refractivity contribution in [3.63, 3.8) is 0 Å². The number of benzene rings is 1. The van der Waals surface area contributed by atoms with E-state index < -0.39 is 17.3 Å². The molecule has 2 rings (SSSR count). The summed E-state index contributed by atoms with van der Waals surface area (Å²) in [7, 11) is 0. The van der Waals surface area contributed by atoms with Crippen LogP contribution >= 0.6 is 0 Å². The van der Waals surface area contributed by atoms with Crippen LogP contribution in [-0.2, 0) is 11.3 Å². The molecular formula is C15H20N2O4. The Labute approximate surface area is 123 Å². The van der Waals surface area contributed by atoms with Crippen molar-refractivity contribution in [3.05, 3.63) is 46.0 Å². The SMILES string of the molecule is CC(C(=O)O)C1(C[N+](=O)[O-])CCN(Cc2ccccc2)C1. The van der Waals surface area contributed by atoms with Crippen LogP contribution in [0.1, 0.15) is 18.9 Å².